The van der Waals surface area contributed by atoms with Crippen LogP contribution >= 0.6 is 0 Å². The van der Waals surface area contributed by atoms with Crippen molar-refractivity contribution in [3.8, 4) is 0 Å². The molecule has 5 heteroatoms. The molecule has 4 N–H and O–H groups in total. The van der Waals surface area contributed by atoms with Crippen molar-refractivity contribution in [2.45, 2.75) is 77.8 Å². The zero-order chi connectivity index (χ0) is 18.5. The highest BCUT2D eigenvalue weighted by Gasteiger charge is 2.77. The van der Waals surface area contributed by atoms with Gasteiger partial charge in [-0.1, -0.05) is 27.7 Å². The minimum absolute atomic E-state index is 0.00326. The molecule has 4 aliphatic carbocycles. The Morgan fingerprint density at radius 2 is 1.64 bits per heavy atom. The second-order valence-electron chi connectivity index (χ2n) is 10.2. The summed E-state index contributed by atoms with van der Waals surface area (Å²) in [6.45, 7) is 8.09. The van der Waals surface area contributed by atoms with Gasteiger partial charge in [0.1, 0.15) is 5.78 Å². The Morgan fingerprint density at radius 1 is 1.00 bits per heavy atom. The molecule has 4 aliphatic rings. The van der Waals surface area contributed by atoms with Crippen molar-refractivity contribution in [1.29, 1.82) is 0 Å². The summed E-state index contributed by atoms with van der Waals surface area (Å²) in [6.07, 6.45) is -1.09. The van der Waals surface area contributed by atoms with Crippen molar-refractivity contribution < 1.29 is 25.2 Å². The Kier molecular flexibility index (Phi) is 3.62. The van der Waals surface area contributed by atoms with E-state index in [-0.39, 0.29) is 29.0 Å². The van der Waals surface area contributed by atoms with Crippen LogP contribution in [0.3, 0.4) is 0 Å². The first-order chi connectivity index (χ1) is 11.5. The second-order valence-corrected chi connectivity index (χ2v) is 10.2. The molecule has 0 radical (unpaired) electrons. The van der Waals surface area contributed by atoms with Gasteiger partial charge in [0.2, 0.25) is 0 Å². The Balaban J connectivity index is 1.94. The highest BCUT2D eigenvalue weighted by Crippen LogP contribution is 2.71. The van der Waals surface area contributed by atoms with Gasteiger partial charge < -0.3 is 20.4 Å². The van der Waals surface area contributed by atoms with E-state index in [1.165, 1.54) is 0 Å². The first kappa shape index (κ1) is 17.9. The molecule has 0 aromatic carbocycles. The molecule has 0 aromatic heterocycles. The Labute approximate surface area is 149 Å². The molecule has 0 unspecified atom stereocenters. The first-order valence-electron chi connectivity index (χ1n) is 9.77. The summed E-state index contributed by atoms with van der Waals surface area (Å²) in [4.78, 5) is 13.3. The van der Waals surface area contributed by atoms with Crippen molar-refractivity contribution in [1.82, 2.24) is 0 Å². The second kappa shape index (κ2) is 5.06. The lowest BCUT2D eigenvalue weighted by Crippen LogP contribution is -2.72. The maximum atomic E-state index is 13.3. The highest BCUT2D eigenvalue weighted by atomic mass is 16.3. The van der Waals surface area contributed by atoms with Crippen LogP contribution in [0.1, 0.15) is 53.4 Å². The summed E-state index contributed by atoms with van der Waals surface area (Å²) in [5.74, 6) is -1.39. The predicted octanol–water partition coefficient (Wildman–Crippen LogP) is 1.12. The lowest BCUT2D eigenvalue weighted by atomic mass is 9.38. The Morgan fingerprint density at radius 3 is 2.28 bits per heavy atom. The number of hydrogen-bond acceptors (Lipinski definition) is 5. The number of aliphatic hydroxyl groups excluding tert-OH is 4. The zero-order valence-electron chi connectivity index (χ0n) is 15.6. The van der Waals surface area contributed by atoms with Crippen LogP contribution in [0.4, 0.5) is 0 Å². The van der Waals surface area contributed by atoms with Gasteiger partial charge in [-0.25, -0.2) is 0 Å². The van der Waals surface area contributed by atoms with Crippen molar-refractivity contribution in [3.63, 3.8) is 0 Å². The molecule has 0 saturated heterocycles. The molecule has 4 saturated carbocycles. The normalized spacial score (nSPS) is 60.1. The zero-order valence-corrected chi connectivity index (χ0v) is 15.6. The average Bonchev–Trinajstić information content (AvgIpc) is 2.65. The third-order valence-corrected chi connectivity index (χ3v) is 8.95. The van der Waals surface area contributed by atoms with Gasteiger partial charge in [-0.3, -0.25) is 4.79 Å². The molecule has 0 aliphatic heterocycles. The van der Waals surface area contributed by atoms with Crippen molar-refractivity contribution in [3.05, 3.63) is 0 Å². The van der Waals surface area contributed by atoms with Gasteiger partial charge in [-0.15, -0.1) is 0 Å². The molecule has 2 bridgehead atoms. The summed E-state index contributed by atoms with van der Waals surface area (Å²) < 4.78 is 0. The van der Waals surface area contributed by atoms with E-state index in [9.17, 15) is 25.2 Å². The van der Waals surface area contributed by atoms with Gasteiger partial charge >= 0.3 is 0 Å². The van der Waals surface area contributed by atoms with Crippen molar-refractivity contribution in [2.24, 2.45) is 39.9 Å². The van der Waals surface area contributed by atoms with Crippen molar-refractivity contribution >= 4 is 5.78 Å². The summed E-state index contributed by atoms with van der Waals surface area (Å²) in [6, 6.07) is 0. The van der Waals surface area contributed by atoms with E-state index in [0.29, 0.717) is 19.3 Å². The van der Waals surface area contributed by atoms with Gasteiger partial charge in [-0.2, -0.15) is 0 Å². The molecular formula is C20H32O5. The van der Waals surface area contributed by atoms with Crippen molar-refractivity contribution in [2.75, 3.05) is 0 Å². The molecule has 0 aromatic rings. The van der Waals surface area contributed by atoms with Crippen LogP contribution in [0.25, 0.3) is 0 Å². The van der Waals surface area contributed by atoms with E-state index in [1.54, 1.807) is 0 Å². The number of Topliss-reactive ketones (excluding diaryl/α,β-unsaturated/α-hetero) is 1. The van der Waals surface area contributed by atoms with Crippen LogP contribution in [0.5, 0.6) is 0 Å². The minimum Gasteiger partial charge on any atom is -0.393 e. The van der Waals surface area contributed by atoms with E-state index in [2.05, 4.69) is 13.8 Å². The molecule has 142 valence electrons. The fourth-order valence-electron chi connectivity index (χ4n) is 7.75. The third-order valence-electron chi connectivity index (χ3n) is 8.95. The van der Waals surface area contributed by atoms with E-state index >= 15 is 0 Å². The van der Waals surface area contributed by atoms with E-state index < -0.39 is 41.2 Å². The molecule has 25 heavy (non-hydrogen) atoms. The van der Waals surface area contributed by atoms with Crippen LogP contribution in [0, 0.1) is 39.9 Å². The maximum absolute atomic E-state index is 13.3. The average molecular weight is 352 g/mol. The van der Waals surface area contributed by atoms with Gasteiger partial charge in [0.05, 0.1) is 29.8 Å². The quantitative estimate of drug-likeness (QED) is 0.524. The van der Waals surface area contributed by atoms with Crippen LogP contribution in [-0.4, -0.2) is 50.6 Å². The number of ketones is 1. The smallest absolute Gasteiger partial charge is 0.147 e. The molecule has 4 fully saturated rings. The number of aliphatic hydroxyl groups is 4. The summed E-state index contributed by atoms with van der Waals surface area (Å²) in [5, 5.41) is 44.3. The SMILES string of the molecule is C[C@@H]1C(=O)[C@@]23[C@H](O)C[C@@H]4C(C)(C)CC[C@@H](O)[C@@]4(C)[C@H]2[C@@H](O)C[C@@H]1[C@H]3O. The summed E-state index contributed by atoms with van der Waals surface area (Å²) >= 11 is 0. The molecule has 4 rings (SSSR count). The first-order valence-corrected chi connectivity index (χ1v) is 9.77. The maximum Gasteiger partial charge on any atom is 0.147 e. The monoisotopic (exact) mass is 352 g/mol. The molecule has 10 atom stereocenters. The van der Waals surface area contributed by atoms with Gasteiger partial charge in [0.25, 0.3) is 0 Å². The van der Waals surface area contributed by atoms with E-state index in [1.807, 2.05) is 13.8 Å². The number of carbonyl (C=O) groups excluding carboxylic acids is 1. The topological polar surface area (TPSA) is 98.0 Å². The third kappa shape index (κ3) is 1.81. The molecule has 0 heterocycles. The molecule has 0 amide bonds. The summed E-state index contributed by atoms with van der Waals surface area (Å²) in [7, 11) is 0. The largest absolute Gasteiger partial charge is 0.393 e. The van der Waals surface area contributed by atoms with Crippen LogP contribution in [-0.2, 0) is 4.79 Å². The van der Waals surface area contributed by atoms with Gasteiger partial charge in [-0.05, 0) is 42.9 Å². The number of carbonyl (C=O) groups is 1. The number of fused-ring (bicyclic) bond motifs is 3. The standard InChI is InChI=1S/C20H32O5/c1-9-10-7-11(21)15-19(4)12(18(2,3)6-5-13(19)22)8-14(23)20(15,16(9)24)17(10)25/h9-15,17,21-23,25H,5-8H2,1-4H3/t9-,10-,11-,12+,13+,14+,15+,17+,19-,20+/m0/s1. The predicted molar refractivity (Wildman–Crippen MR) is 91.5 cm³/mol. The van der Waals surface area contributed by atoms with Crippen LogP contribution < -0.4 is 0 Å². The Bertz CT molecular complexity index is 603. The van der Waals surface area contributed by atoms with E-state index in [0.717, 1.165) is 6.42 Å². The molecular weight excluding hydrogens is 320 g/mol. The van der Waals surface area contributed by atoms with Gasteiger partial charge in [0, 0.05) is 17.3 Å². The Hall–Kier alpha value is -0.490. The number of hydrogen-bond donors (Lipinski definition) is 4. The van der Waals surface area contributed by atoms with Gasteiger partial charge in [0.15, 0.2) is 0 Å². The fourth-order valence-corrected chi connectivity index (χ4v) is 7.75. The minimum atomic E-state index is -1.33. The van der Waals surface area contributed by atoms with Crippen LogP contribution in [0.2, 0.25) is 0 Å². The number of rotatable bonds is 0. The summed E-state index contributed by atoms with van der Waals surface area (Å²) in [5.41, 5.74) is -2.11. The molecule has 5 nitrogen and oxygen atoms in total. The molecule has 1 spiro atoms. The fraction of sp³-hybridized carbons (Fsp3) is 0.950. The van der Waals surface area contributed by atoms with E-state index in [4.69, 9.17) is 0 Å². The van der Waals surface area contributed by atoms with Crippen LogP contribution in [0.15, 0.2) is 0 Å². The lowest BCUT2D eigenvalue weighted by molar-refractivity contribution is -0.274. The highest BCUT2D eigenvalue weighted by molar-refractivity contribution is 5.92. The lowest BCUT2D eigenvalue weighted by Gasteiger charge is -2.67.